The Morgan fingerprint density at radius 3 is 2.24 bits per heavy atom. The summed E-state index contributed by atoms with van der Waals surface area (Å²) in [5.74, 6) is 0.223. The smallest absolute Gasteiger partial charge is 0.308 e. The largest absolute Gasteiger partial charge is 0.466 e. The zero-order chi connectivity index (χ0) is 13.4. The predicted octanol–water partition coefficient (Wildman–Crippen LogP) is 1.67. The van der Waals surface area contributed by atoms with Crippen LogP contribution in [-0.4, -0.2) is 47.8 Å². The summed E-state index contributed by atoms with van der Waals surface area (Å²) in [6.45, 7) is 12.1. The average Bonchev–Trinajstić information content (AvgIpc) is 2.15. The number of rotatable bonds is 8. The number of carbonyl (C=O) groups is 1. The van der Waals surface area contributed by atoms with Gasteiger partial charge in [0.25, 0.3) is 0 Å². The molecule has 0 saturated carbocycles. The second-order valence-corrected chi connectivity index (χ2v) is 5.10. The van der Waals surface area contributed by atoms with Gasteiger partial charge in [0.2, 0.25) is 0 Å². The van der Waals surface area contributed by atoms with Crippen molar-refractivity contribution >= 4 is 5.97 Å². The van der Waals surface area contributed by atoms with Crippen molar-refractivity contribution in [3.63, 3.8) is 0 Å². The minimum absolute atomic E-state index is 0.0785. The van der Waals surface area contributed by atoms with E-state index in [0.29, 0.717) is 25.1 Å². The molecule has 0 aromatic carbocycles. The number of ether oxygens (including phenoxy) is 1. The third kappa shape index (κ3) is 8.16. The number of aliphatic hydroxyl groups excluding tert-OH is 1. The maximum Gasteiger partial charge on any atom is 0.308 e. The lowest BCUT2D eigenvalue weighted by atomic mass is 10.1. The Morgan fingerprint density at radius 2 is 1.82 bits per heavy atom. The second-order valence-electron chi connectivity index (χ2n) is 5.10. The van der Waals surface area contributed by atoms with Crippen LogP contribution in [0.2, 0.25) is 0 Å². The fraction of sp³-hybridized carbons (Fsp3) is 0.923. The molecule has 102 valence electrons. The fourth-order valence-electron chi connectivity index (χ4n) is 1.71. The molecule has 1 N–H and O–H groups in total. The maximum absolute atomic E-state index is 11.2. The fourth-order valence-corrected chi connectivity index (χ4v) is 1.71. The summed E-state index contributed by atoms with van der Waals surface area (Å²) in [4.78, 5) is 13.4. The van der Waals surface area contributed by atoms with Gasteiger partial charge >= 0.3 is 5.97 Å². The zero-order valence-electron chi connectivity index (χ0n) is 11.8. The molecule has 4 nitrogen and oxygen atoms in total. The van der Waals surface area contributed by atoms with Crippen molar-refractivity contribution in [2.75, 3.05) is 19.7 Å². The Morgan fingerprint density at radius 1 is 1.24 bits per heavy atom. The molecule has 17 heavy (non-hydrogen) atoms. The summed E-state index contributed by atoms with van der Waals surface area (Å²) in [7, 11) is 0. The average molecular weight is 245 g/mol. The van der Waals surface area contributed by atoms with Gasteiger partial charge in [-0.1, -0.05) is 13.8 Å². The first-order valence-corrected chi connectivity index (χ1v) is 6.44. The van der Waals surface area contributed by atoms with Gasteiger partial charge in [0.15, 0.2) is 0 Å². The molecular weight excluding hydrogens is 218 g/mol. The van der Waals surface area contributed by atoms with Crippen LogP contribution in [0.3, 0.4) is 0 Å². The van der Waals surface area contributed by atoms with Crippen LogP contribution in [0.1, 0.15) is 41.0 Å². The van der Waals surface area contributed by atoms with Crippen LogP contribution in [-0.2, 0) is 9.53 Å². The lowest BCUT2D eigenvalue weighted by molar-refractivity contribution is -0.145. The van der Waals surface area contributed by atoms with Crippen LogP contribution in [0.5, 0.6) is 0 Å². The van der Waals surface area contributed by atoms with Crippen LogP contribution in [0.4, 0.5) is 0 Å². The van der Waals surface area contributed by atoms with Gasteiger partial charge in [-0.3, -0.25) is 9.69 Å². The number of hydrogen-bond donors (Lipinski definition) is 1. The van der Waals surface area contributed by atoms with Crippen LogP contribution in [0.25, 0.3) is 0 Å². The molecule has 4 heteroatoms. The summed E-state index contributed by atoms with van der Waals surface area (Å²) in [6, 6.07) is 0.370. The first kappa shape index (κ1) is 16.4. The topological polar surface area (TPSA) is 49.8 Å². The summed E-state index contributed by atoms with van der Waals surface area (Å²) >= 11 is 0. The van der Waals surface area contributed by atoms with Crippen molar-refractivity contribution in [2.24, 2.45) is 5.92 Å². The summed E-state index contributed by atoms with van der Waals surface area (Å²) in [6.07, 6.45) is -0.565. The first-order chi connectivity index (χ1) is 7.86. The van der Waals surface area contributed by atoms with E-state index in [1.807, 2.05) is 0 Å². The molecular formula is C13H27NO3. The number of aliphatic hydroxyl groups is 1. The highest BCUT2D eigenvalue weighted by molar-refractivity contribution is 5.69. The van der Waals surface area contributed by atoms with Gasteiger partial charge in [-0.25, -0.2) is 0 Å². The predicted molar refractivity (Wildman–Crippen MR) is 68.8 cm³/mol. The minimum Gasteiger partial charge on any atom is -0.466 e. The van der Waals surface area contributed by atoms with E-state index in [-0.39, 0.29) is 12.4 Å². The number of hydrogen-bond acceptors (Lipinski definition) is 4. The van der Waals surface area contributed by atoms with Crippen molar-refractivity contribution in [1.29, 1.82) is 0 Å². The molecule has 1 atom stereocenters. The quantitative estimate of drug-likeness (QED) is 0.661. The van der Waals surface area contributed by atoms with Crippen molar-refractivity contribution in [3.05, 3.63) is 0 Å². The first-order valence-electron chi connectivity index (χ1n) is 6.44. The van der Waals surface area contributed by atoms with E-state index in [4.69, 9.17) is 4.74 Å². The molecule has 0 aliphatic carbocycles. The molecule has 0 aliphatic heterocycles. The van der Waals surface area contributed by atoms with Crippen LogP contribution < -0.4 is 0 Å². The minimum atomic E-state index is -0.643. The molecule has 0 aromatic heterocycles. The third-order valence-corrected chi connectivity index (χ3v) is 2.48. The SMILES string of the molecule is CCOC(=O)CC(O)CN(CC(C)C)C(C)C. The van der Waals surface area contributed by atoms with E-state index in [1.54, 1.807) is 6.92 Å². The van der Waals surface area contributed by atoms with Gasteiger partial charge in [-0.15, -0.1) is 0 Å². The summed E-state index contributed by atoms with van der Waals surface area (Å²) < 4.78 is 4.82. The van der Waals surface area contributed by atoms with Crippen LogP contribution >= 0.6 is 0 Å². The van der Waals surface area contributed by atoms with E-state index in [0.717, 1.165) is 6.54 Å². The Labute approximate surface area is 105 Å². The van der Waals surface area contributed by atoms with Gasteiger partial charge in [0, 0.05) is 19.1 Å². The van der Waals surface area contributed by atoms with E-state index in [1.165, 1.54) is 0 Å². The van der Waals surface area contributed by atoms with Crippen LogP contribution in [0.15, 0.2) is 0 Å². The molecule has 0 radical (unpaired) electrons. The molecule has 0 aromatic rings. The highest BCUT2D eigenvalue weighted by atomic mass is 16.5. The van der Waals surface area contributed by atoms with E-state index in [2.05, 4.69) is 32.6 Å². The molecule has 0 heterocycles. The van der Waals surface area contributed by atoms with Crippen molar-refractivity contribution in [1.82, 2.24) is 4.90 Å². The molecule has 0 spiro atoms. The Bertz CT molecular complexity index is 217. The molecule has 0 rings (SSSR count). The molecule has 0 amide bonds. The molecule has 0 fully saturated rings. The normalized spacial score (nSPS) is 13.5. The van der Waals surface area contributed by atoms with Gasteiger partial charge < -0.3 is 9.84 Å². The van der Waals surface area contributed by atoms with E-state index in [9.17, 15) is 9.90 Å². The number of nitrogens with zero attached hydrogens (tertiary/aromatic N) is 1. The lowest BCUT2D eigenvalue weighted by Crippen LogP contribution is -2.40. The molecule has 0 bridgehead atoms. The second kappa shape index (κ2) is 8.48. The highest BCUT2D eigenvalue weighted by Crippen LogP contribution is 2.07. The van der Waals surface area contributed by atoms with Gasteiger partial charge in [0.1, 0.15) is 0 Å². The maximum atomic E-state index is 11.2. The van der Waals surface area contributed by atoms with Crippen molar-refractivity contribution in [2.45, 2.75) is 53.2 Å². The van der Waals surface area contributed by atoms with Crippen molar-refractivity contribution < 1.29 is 14.6 Å². The summed E-state index contributed by atoms with van der Waals surface area (Å²) in [5, 5.41) is 9.84. The number of esters is 1. The Kier molecular flexibility index (Phi) is 8.17. The molecule has 0 saturated heterocycles. The Hall–Kier alpha value is -0.610. The monoisotopic (exact) mass is 245 g/mol. The highest BCUT2D eigenvalue weighted by Gasteiger charge is 2.18. The zero-order valence-corrected chi connectivity index (χ0v) is 11.8. The Balaban J connectivity index is 4.11. The third-order valence-electron chi connectivity index (χ3n) is 2.48. The van der Waals surface area contributed by atoms with Crippen LogP contribution in [0, 0.1) is 5.92 Å². The van der Waals surface area contributed by atoms with Gasteiger partial charge in [-0.2, -0.15) is 0 Å². The van der Waals surface area contributed by atoms with E-state index < -0.39 is 6.10 Å². The van der Waals surface area contributed by atoms with Gasteiger partial charge in [0.05, 0.1) is 19.1 Å². The molecule has 1 unspecified atom stereocenters. The van der Waals surface area contributed by atoms with Gasteiger partial charge in [-0.05, 0) is 26.7 Å². The lowest BCUT2D eigenvalue weighted by Gasteiger charge is -2.30. The number of carbonyl (C=O) groups excluding carboxylic acids is 1. The van der Waals surface area contributed by atoms with Crippen molar-refractivity contribution in [3.8, 4) is 0 Å². The summed E-state index contributed by atoms with van der Waals surface area (Å²) in [5.41, 5.74) is 0. The molecule has 0 aliphatic rings. The van der Waals surface area contributed by atoms with E-state index >= 15 is 0 Å². The standard InChI is InChI=1S/C13H27NO3/c1-6-17-13(16)7-12(15)9-14(11(4)5)8-10(2)3/h10-12,15H,6-9H2,1-5H3.